The quantitative estimate of drug-likeness (QED) is 0.837. The lowest BCUT2D eigenvalue weighted by atomic mass is 10.2. The number of likely N-dealkylation sites (tertiary alicyclic amines) is 1. The fraction of sp³-hybridized carbons (Fsp3) is 0.647. The second-order valence-corrected chi connectivity index (χ2v) is 7.06. The fourth-order valence-electron chi connectivity index (χ4n) is 3.49. The van der Waals surface area contributed by atoms with Crippen LogP contribution in [0.25, 0.3) is 0 Å². The number of ether oxygens (including phenoxy) is 1. The average Bonchev–Trinajstić information content (AvgIpc) is 3.22. The topological polar surface area (TPSA) is 53.1 Å². The first-order valence-electron chi connectivity index (χ1n) is 8.66. The molecule has 0 radical (unpaired) electrons. The van der Waals surface area contributed by atoms with Crippen LogP contribution in [0.2, 0.25) is 0 Å². The Morgan fingerprint density at radius 1 is 1.21 bits per heavy atom. The van der Waals surface area contributed by atoms with Crippen LogP contribution in [0, 0.1) is 0 Å². The second-order valence-electron chi connectivity index (χ2n) is 6.28. The third-order valence-corrected chi connectivity index (χ3v) is 5.47. The number of thiophene rings is 1. The van der Waals surface area contributed by atoms with Crippen LogP contribution in [0.15, 0.2) is 16.8 Å². The Hall–Kier alpha value is -1.60. The van der Waals surface area contributed by atoms with E-state index in [9.17, 15) is 9.59 Å². The summed E-state index contributed by atoms with van der Waals surface area (Å²) in [4.78, 5) is 30.5. The molecule has 6 nitrogen and oxygen atoms in total. The standard InChI is InChI=1S/C17H25N3O3S/c1-2-23-17(22)20-8-4-15(12-20)18-6-3-7-19(10-9-18)16(21)14-5-11-24-13-14/h5,11,13,15H,2-4,6-10,12H2,1H3. The van der Waals surface area contributed by atoms with E-state index in [-0.39, 0.29) is 12.0 Å². The zero-order chi connectivity index (χ0) is 16.9. The lowest BCUT2D eigenvalue weighted by Gasteiger charge is -2.27. The fourth-order valence-corrected chi connectivity index (χ4v) is 4.12. The molecule has 0 spiro atoms. The van der Waals surface area contributed by atoms with Crippen LogP contribution in [0.3, 0.4) is 0 Å². The number of carbonyl (C=O) groups excluding carboxylic acids is 2. The van der Waals surface area contributed by atoms with E-state index >= 15 is 0 Å². The summed E-state index contributed by atoms with van der Waals surface area (Å²) in [5.74, 6) is 0.137. The van der Waals surface area contributed by atoms with Crippen molar-refractivity contribution < 1.29 is 14.3 Å². The molecule has 3 heterocycles. The number of carbonyl (C=O) groups is 2. The number of hydrogen-bond donors (Lipinski definition) is 0. The van der Waals surface area contributed by atoms with E-state index in [1.807, 2.05) is 28.7 Å². The highest BCUT2D eigenvalue weighted by molar-refractivity contribution is 7.08. The van der Waals surface area contributed by atoms with Gasteiger partial charge in [-0.05, 0) is 31.2 Å². The maximum atomic E-state index is 12.5. The van der Waals surface area contributed by atoms with Crippen molar-refractivity contribution in [2.24, 2.45) is 0 Å². The zero-order valence-electron chi connectivity index (χ0n) is 14.1. The highest BCUT2D eigenvalue weighted by Gasteiger charge is 2.32. The SMILES string of the molecule is CCOC(=O)N1CCC(N2CCCN(C(=O)c3ccsc3)CC2)C1. The summed E-state index contributed by atoms with van der Waals surface area (Å²) in [6, 6.07) is 2.27. The van der Waals surface area contributed by atoms with Gasteiger partial charge in [0.05, 0.1) is 12.2 Å². The highest BCUT2D eigenvalue weighted by atomic mass is 32.1. The molecule has 24 heavy (non-hydrogen) atoms. The van der Waals surface area contributed by atoms with Gasteiger partial charge in [-0.2, -0.15) is 11.3 Å². The van der Waals surface area contributed by atoms with E-state index in [2.05, 4.69) is 4.90 Å². The van der Waals surface area contributed by atoms with Gasteiger partial charge >= 0.3 is 6.09 Å². The normalized spacial score (nSPS) is 22.5. The zero-order valence-corrected chi connectivity index (χ0v) is 15.0. The van der Waals surface area contributed by atoms with Crippen molar-refractivity contribution in [1.29, 1.82) is 0 Å². The molecule has 0 saturated carbocycles. The van der Waals surface area contributed by atoms with Crippen molar-refractivity contribution in [1.82, 2.24) is 14.7 Å². The molecule has 2 saturated heterocycles. The van der Waals surface area contributed by atoms with Crippen LogP contribution < -0.4 is 0 Å². The summed E-state index contributed by atoms with van der Waals surface area (Å²) in [6.45, 7) is 7.16. The van der Waals surface area contributed by atoms with E-state index in [0.717, 1.165) is 57.7 Å². The number of rotatable bonds is 3. The summed E-state index contributed by atoms with van der Waals surface area (Å²) >= 11 is 1.56. The monoisotopic (exact) mass is 351 g/mol. The lowest BCUT2D eigenvalue weighted by Crippen LogP contribution is -2.41. The maximum absolute atomic E-state index is 12.5. The van der Waals surface area contributed by atoms with Crippen molar-refractivity contribution >= 4 is 23.3 Å². The first-order chi connectivity index (χ1) is 11.7. The van der Waals surface area contributed by atoms with Gasteiger partial charge in [0, 0.05) is 50.7 Å². The van der Waals surface area contributed by atoms with E-state index in [1.54, 1.807) is 16.2 Å². The van der Waals surface area contributed by atoms with Gasteiger partial charge in [0.2, 0.25) is 0 Å². The molecule has 2 amide bonds. The van der Waals surface area contributed by atoms with Crippen LogP contribution in [-0.4, -0.2) is 78.6 Å². The van der Waals surface area contributed by atoms with Gasteiger partial charge in [-0.1, -0.05) is 0 Å². The first kappa shape index (κ1) is 17.2. The van der Waals surface area contributed by atoms with Crippen LogP contribution >= 0.6 is 11.3 Å². The summed E-state index contributed by atoms with van der Waals surface area (Å²) in [5, 5.41) is 3.86. The molecule has 2 fully saturated rings. The van der Waals surface area contributed by atoms with Crippen LogP contribution in [0.5, 0.6) is 0 Å². The molecule has 7 heteroatoms. The number of nitrogens with zero attached hydrogens (tertiary/aromatic N) is 3. The van der Waals surface area contributed by atoms with Crippen molar-refractivity contribution in [3.05, 3.63) is 22.4 Å². The molecule has 1 aromatic rings. The van der Waals surface area contributed by atoms with Gasteiger partial charge in [-0.25, -0.2) is 4.79 Å². The number of amides is 2. The Bertz CT molecular complexity index is 563. The van der Waals surface area contributed by atoms with Gasteiger partial charge in [0.1, 0.15) is 0 Å². The molecule has 3 rings (SSSR count). The van der Waals surface area contributed by atoms with Crippen LogP contribution in [0.4, 0.5) is 4.79 Å². The Labute approximate surface area is 147 Å². The molecule has 1 aromatic heterocycles. The molecule has 132 valence electrons. The third kappa shape index (κ3) is 3.89. The minimum Gasteiger partial charge on any atom is -0.450 e. The average molecular weight is 351 g/mol. The summed E-state index contributed by atoms with van der Waals surface area (Å²) in [7, 11) is 0. The van der Waals surface area contributed by atoms with Crippen molar-refractivity contribution in [3.63, 3.8) is 0 Å². The predicted octanol–water partition coefficient (Wildman–Crippen LogP) is 2.13. The van der Waals surface area contributed by atoms with Gasteiger partial charge in [0.15, 0.2) is 0 Å². The molecule has 0 bridgehead atoms. The van der Waals surface area contributed by atoms with E-state index in [0.29, 0.717) is 12.6 Å². The molecule has 1 atom stereocenters. The molecule has 0 N–H and O–H groups in total. The van der Waals surface area contributed by atoms with E-state index < -0.39 is 0 Å². The van der Waals surface area contributed by atoms with Crippen molar-refractivity contribution in [2.45, 2.75) is 25.8 Å². The highest BCUT2D eigenvalue weighted by Crippen LogP contribution is 2.19. The van der Waals surface area contributed by atoms with Crippen molar-refractivity contribution in [3.8, 4) is 0 Å². The summed E-state index contributed by atoms with van der Waals surface area (Å²) in [6.07, 6.45) is 1.76. The maximum Gasteiger partial charge on any atom is 0.409 e. The van der Waals surface area contributed by atoms with Gasteiger partial charge in [-0.3, -0.25) is 9.69 Å². The largest absolute Gasteiger partial charge is 0.450 e. The Morgan fingerprint density at radius 2 is 2.08 bits per heavy atom. The van der Waals surface area contributed by atoms with Crippen LogP contribution in [-0.2, 0) is 4.74 Å². The predicted molar refractivity (Wildman–Crippen MR) is 93.4 cm³/mol. The second kappa shape index (κ2) is 7.98. The van der Waals surface area contributed by atoms with E-state index in [1.165, 1.54) is 0 Å². The van der Waals surface area contributed by atoms with Gasteiger partial charge < -0.3 is 14.5 Å². The lowest BCUT2D eigenvalue weighted by molar-refractivity contribution is 0.0759. The third-order valence-electron chi connectivity index (χ3n) is 4.79. The first-order valence-corrected chi connectivity index (χ1v) is 9.60. The van der Waals surface area contributed by atoms with Crippen molar-refractivity contribution in [2.75, 3.05) is 45.9 Å². The minimum atomic E-state index is -0.205. The molecule has 0 aromatic carbocycles. The molecular formula is C17H25N3O3S. The van der Waals surface area contributed by atoms with Crippen LogP contribution in [0.1, 0.15) is 30.1 Å². The Balaban J connectivity index is 1.53. The molecule has 0 aliphatic carbocycles. The van der Waals surface area contributed by atoms with Gasteiger partial charge in [-0.15, -0.1) is 0 Å². The minimum absolute atomic E-state index is 0.137. The number of hydrogen-bond acceptors (Lipinski definition) is 5. The Morgan fingerprint density at radius 3 is 2.83 bits per heavy atom. The smallest absolute Gasteiger partial charge is 0.409 e. The molecular weight excluding hydrogens is 326 g/mol. The summed E-state index contributed by atoms with van der Waals surface area (Å²) < 4.78 is 5.09. The molecule has 2 aliphatic heterocycles. The summed E-state index contributed by atoms with van der Waals surface area (Å²) in [5.41, 5.74) is 0.794. The van der Waals surface area contributed by atoms with E-state index in [4.69, 9.17) is 4.74 Å². The molecule has 2 aliphatic rings. The van der Waals surface area contributed by atoms with Gasteiger partial charge in [0.25, 0.3) is 5.91 Å². The molecule has 1 unspecified atom stereocenters. The Kier molecular flexibility index (Phi) is 5.73.